The Balaban J connectivity index is 1.74. The standard InChI is InChI=1S/C15H17N3O2/c19-14(16-10-15(20)7-4-8-15)12-9-17-18-13(12)11-5-2-1-3-6-11/h1-3,5-6,9,20H,4,7-8,10H2,(H,16,19)(H,17,18). The lowest BCUT2D eigenvalue weighted by Gasteiger charge is -2.36. The maximum Gasteiger partial charge on any atom is 0.255 e. The Labute approximate surface area is 117 Å². The van der Waals surface area contributed by atoms with E-state index in [0.29, 0.717) is 17.8 Å². The molecule has 3 N–H and O–H groups in total. The van der Waals surface area contributed by atoms with Crippen LogP contribution in [0.15, 0.2) is 36.5 Å². The smallest absolute Gasteiger partial charge is 0.255 e. The summed E-state index contributed by atoms with van der Waals surface area (Å²) in [6.45, 7) is 0.297. The van der Waals surface area contributed by atoms with Crippen LogP contribution in [0.1, 0.15) is 29.6 Å². The quantitative estimate of drug-likeness (QED) is 0.792. The third-order valence-electron chi connectivity index (χ3n) is 3.81. The van der Waals surface area contributed by atoms with Crippen molar-refractivity contribution < 1.29 is 9.90 Å². The van der Waals surface area contributed by atoms with Crippen LogP contribution in [0.2, 0.25) is 0 Å². The normalized spacial score (nSPS) is 16.4. The van der Waals surface area contributed by atoms with Gasteiger partial charge < -0.3 is 10.4 Å². The molecule has 1 fully saturated rings. The third-order valence-corrected chi connectivity index (χ3v) is 3.81. The highest BCUT2D eigenvalue weighted by atomic mass is 16.3. The van der Waals surface area contributed by atoms with E-state index in [1.165, 1.54) is 6.20 Å². The molecule has 0 spiro atoms. The predicted molar refractivity (Wildman–Crippen MR) is 75.2 cm³/mol. The molecule has 0 unspecified atom stereocenters. The second-order valence-electron chi connectivity index (χ2n) is 5.29. The number of H-pyrrole nitrogens is 1. The monoisotopic (exact) mass is 271 g/mol. The second-order valence-corrected chi connectivity index (χ2v) is 5.29. The third kappa shape index (κ3) is 2.44. The van der Waals surface area contributed by atoms with E-state index in [2.05, 4.69) is 15.5 Å². The van der Waals surface area contributed by atoms with E-state index in [0.717, 1.165) is 24.8 Å². The van der Waals surface area contributed by atoms with Crippen molar-refractivity contribution in [1.29, 1.82) is 0 Å². The lowest BCUT2D eigenvalue weighted by atomic mass is 9.80. The van der Waals surface area contributed by atoms with E-state index in [1.807, 2.05) is 30.3 Å². The van der Waals surface area contributed by atoms with Gasteiger partial charge in [0.25, 0.3) is 5.91 Å². The number of amides is 1. The SMILES string of the molecule is O=C(NCC1(O)CCC1)c1cn[nH]c1-c1ccccc1. The Kier molecular flexibility index (Phi) is 3.28. The van der Waals surface area contributed by atoms with Gasteiger partial charge in [-0.15, -0.1) is 0 Å². The summed E-state index contributed by atoms with van der Waals surface area (Å²) in [7, 11) is 0. The van der Waals surface area contributed by atoms with E-state index >= 15 is 0 Å². The first kappa shape index (κ1) is 12.9. The summed E-state index contributed by atoms with van der Waals surface area (Å²) in [5, 5.41) is 19.6. The van der Waals surface area contributed by atoms with Crippen molar-refractivity contribution in [1.82, 2.24) is 15.5 Å². The summed E-state index contributed by atoms with van der Waals surface area (Å²) in [6, 6.07) is 9.59. The van der Waals surface area contributed by atoms with Gasteiger partial charge in [0.15, 0.2) is 0 Å². The maximum absolute atomic E-state index is 12.2. The average molecular weight is 271 g/mol. The Hall–Kier alpha value is -2.14. The molecule has 0 atom stereocenters. The van der Waals surface area contributed by atoms with Crippen LogP contribution in [0.5, 0.6) is 0 Å². The fraction of sp³-hybridized carbons (Fsp3) is 0.333. The Morgan fingerprint density at radius 3 is 2.75 bits per heavy atom. The highest BCUT2D eigenvalue weighted by molar-refractivity contribution is 5.99. The number of aliphatic hydroxyl groups is 1. The first-order chi connectivity index (χ1) is 9.68. The van der Waals surface area contributed by atoms with Crippen molar-refractivity contribution in [3.05, 3.63) is 42.1 Å². The van der Waals surface area contributed by atoms with E-state index < -0.39 is 5.60 Å². The summed E-state index contributed by atoms with van der Waals surface area (Å²) in [5.41, 5.74) is 1.40. The van der Waals surface area contributed by atoms with E-state index in [4.69, 9.17) is 0 Å². The van der Waals surface area contributed by atoms with Crippen LogP contribution in [-0.2, 0) is 0 Å². The van der Waals surface area contributed by atoms with Crippen LogP contribution < -0.4 is 5.32 Å². The highest BCUT2D eigenvalue weighted by Gasteiger charge is 2.34. The van der Waals surface area contributed by atoms with Gasteiger partial charge in [-0.05, 0) is 19.3 Å². The molecular weight excluding hydrogens is 254 g/mol. The van der Waals surface area contributed by atoms with E-state index in [1.54, 1.807) is 0 Å². The van der Waals surface area contributed by atoms with Gasteiger partial charge in [0.1, 0.15) is 0 Å². The van der Waals surface area contributed by atoms with Gasteiger partial charge in [0.2, 0.25) is 0 Å². The molecule has 2 aromatic rings. The number of benzene rings is 1. The zero-order valence-corrected chi connectivity index (χ0v) is 11.1. The molecular formula is C15H17N3O2. The topological polar surface area (TPSA) is 78.0 Å². The number of carbonyl (C=O) groups excluding carboxylic acids is 1. The molecule has 0 saturated heterocycles. The number of rotatable bonds is 4. The van der Waals surface area contributed by atoms with Crippen LogP contribution in [0.4, 0.5) is 0 Å². The van der Waals surface area contributed by atoms with Crippen molar-refractivity contribution in [3.8, 4) is 11.3 Å². The number of nitrogens with zero attached hydrogens (tertiary/aromatic N) is 1. The fourth-order valence-corrected chi connectivity index (χ4v) is 2.38. The molecule has 1 amide bonds. The van der Waals surface area contributed by atoms with Crippen molar-refractivity contribution in [2.75, 3.05) is 6.54 Å². The Bertz CT molecular complexity index is 603. The lowest BCUT2D eigenvalue weighted by molar-refractivity contribution is -0.0300. The first-order valence-corrected chi connectivity index (χ1v) is 6.77. The van der Waals surface area contributed by atoms with Crippen LogP contribution in [0.25, 0.3) is 11.3 Å². The minimum Gasteiger partial charge on any atom is -0.388 e. The summed E-state index contributed by atoms with van der Waals surface area (Å²) in [4.78, 5) is 12.2. The van der Waals surface area contributed by atoms with Crippen molar-refractivity contribution in [3.63, 3.8) is 0 Å². The Morgan fingerprint density at radius 1 is 1.35 bits per heavy atom. The average Bonchev–Trinajstić information content (AvgIpc) is 2.93. The fourth-order valence-electron chi connectivity index (χ4n) is 2.38. The van der Waals surface area contributed by atoms with Crippen LogP contribution in [0, 0.1) is 0 Å². The highest BCUT2D eigenvalue weighted by Crippen LogP contribution is 2.30. The molecule has 0 aliphatic heterocycles. The van der Waals surface area contributed by atoms with E-state index in [9.17, 15) is 9.90 Å². The van der Waals surface area contributed by atoms with Gasteiger partial charge in [-0.3, -0.25) is 9.89 Å². The molecule has 1 saturated carbocycles. The minimum atomic E-state index is -0.716. The minimum absolute atomic E-state index is 0.210. The van der Waals surface area contributed by atoms with Gasteiger partial charge in [-0.1, -0.05) is 30.3 Å². The van der Waals surface area contributed by atoms with Gasteiger partial charge in [0, 0.05) is 12.1 Å². The van der Waals surface area contributed by atoms with Crippen molar-refractivity contribution in [2.45, 2.75) is 24.9 Å². The van der Waals surface area contributed by atoms with Crippen LogP contribution in [0.3, 0.4) is 0 Å². The predicted octanol–water partition coefficient (Wildman–Crippen LogP) is 1.72. The molecule has 1 heterocycles. The van der Waals surface area contributed by atoms with Crippen molar-refractivity contribution >= 4 is 5.91 Å². The molecule has 104 valence electrons. The number of carbonyl (C=O) groups is 1. The van der Waals surface area contributed by atoms with Crippen LogP contribution in [-0.4, -0.2) is 33.4 Å². The summed E-state index contributed by atoms with van der Waals surface area (Å²) in [5.74, 6) is -0.210. The maximum atomic E-state index is 12.2. The zero-order chi connectivity index (χ0) is 14.0. The summed E-state index contributed by atoms with van der Waals surface area (Å²) >= 11 is 0. The van der Waals surface area contributed by atoms with E-state index in [-0.39, 0.29) is 5.91 Å². The van der Waals surface area contributed by atoms with Gasteiger partial charge >= 0.3 is 0 Å². The van der Waals surface area contributed by atoms with Gasteiger partial charge in [-0.2, -0.15) is 5.10 Å². The zero-order valence-electron chi connectivity index (χ0n) is 11.1. The second kappa shape index (κ2) is 5.09. The number of aromatic nitrogens is 2. The number of hydrogen-bond acceptors (Lipinski definition) is 3. The van der Waals surface area contributed by atoms with Gasteiger partial charge in [0.05, 0.1) is 23.1 Å². The van der Waals surface area contributed by atoms with Crippen molar-refractivity contribution in [2.24, 2.45) is 0 Å². The van der Waals surface area contributed by atoms with Gasteiger partial charge in [-0.25, -0.2) is 0 Å². The molecule has 5 nitrogen and oxygen atoms in total. The molecule has 1 aromatic carbocycles. The number of hydrogen-bond donors (Lipinski definition) is 3. The molecule has 1 aliphatic carbocycles. The number of aromatic amines is 1. The molecule has 3 rings (SSSR count). The Morgan fingerprint density at radius 2 is 2.10 bits per heavy atom. The summed E-state index contributed by atoms with van der Waals surface area (Å²) in [6.07, 6.45) is 4.05. The lowest BCUT2D eigenvalue weighted by Crippen LogP contribution is -2.47. The molecule has 5 heteroatoms. The number of nitrogens with one attached hydrogen (secondary N) is 2. The first-order valence-electron chi connectivity index (χ1n) is 6.77. The molecule has 0 radical (unpaired) electrons. The molecule has 1 aliphatic rings. The molecule has 0 bridgehead atoms. The molecule has 20 heavy (non-hydrogen) atoms. The largest absolute Gasteiger partial charge is 0.388 e. The van der Waals surface area contributed by atoms with Crippen LogP contribution >= 0.6 is 0 Å². The molecule has 1 aromatic heterocycles. The summed E-state index contributed by atoms with van der Waals surface area (Å²) < 4.78 is 0.